The van der Waals surface area contributed by atoms with Gasteiger partial charge in [-0.05, 0) is 86.7 Å². The van der Waals surface area contributed by atoms with Crippen LogP contribution in [0.3, 0.4) is 0 Å². The molecular weight excluding hydrogens is 384 g/mol. The highest BCUT2D eigenvalue weighted by atomic mass is 16.3. The van der Waals surface area contributed by atoms with Gasteiger partial charge in [0.05, 0.1) is 17.8 Å². The number of aliphatic hydroxyl groups excluding tert-OH is 2. The molecule has 3 aliphatic carbocycles. The van der Waals surface area contributed by atoms with E-state index in [1.807, 2.05) is 13.8 Å². The van der Waals surface area contributed by atoms with Crippen LogP contribution in [0.2, 0.25) is 0 Å². The van der Waals surface area contributed by atoms with Crippen molar-refractivity contribution in [3.05, 3.63) is 47.6 Å². The topological polar surface area (TPSA) is 60.7 Å². The SMILES string of the molecule is C=C1/C(=C/C=C2\CCC[C@@]3(C)[C@@H]([C@H](C)/C=C/[C@H](C)C(C)(C)O)CC[C@@H]23)C[C@@H](O)C[C@H]1O. The summed E-state index contributed by atoms with van der Waals surface area (Å²) >= 11 is 0. The van der Waals surface area contributed by atoms with Gasteiger partial charge in [-0.25, -0.2) is 0 Å². The fourth-order valence-corrected chi connectivity index (χ4v) is 6.32. The number of rotatable bonds is 5. The maximum Gasteiger partial charge on any atom is 0.0811 e. The zero-order valence-electron chi connectivity index (χ0n) is 20.3. The predicted molar refractivity (Wildman–Crippen MR) is 128 cm³/mol. The molecule has 7 atom stereocenters. The summed E-state index contributed by atoms with van der Waals surface area (Å²) in [4.78, 5) is 0. The molecule has 174 valence electrons. The van der Waals surface area contributed by atoms with Gasteiger partial charge in [-0.2, -0.15) is 0 Å². The molecule has 0 aliphatic heterocycles. The van der Waals surface area contributed by atoms with E-state index in [-0.39, 0.29) is 5.92 Å². The molecule has 3 heteroatoms. The summed E-state index contributed by atoms with van der Waals surface area (Å²) in [6.07, 6.45) is 15.0. The first kappa shape index (κ1) is 24.5. The van der Waals surface area contributed by atoms with Gasteiger partial charge >= 0.3 is 0 Å². The van der Waals surface area contributed by atoms with Crippen molar-refractivity contribution < 1.29 is 15.3 Å². The van der Waals surface area contributed by atoms with E-state index in [4.69, 9.17) is 0 Å². The first-order valence-corrected chi connectivity index (χ1v) is 12.3. The van der Waals surface area contributed by atoms with Crippen LogP contribution in [-0.2, 0) is 0 Å². The van der Waals surface area contributed by atoms with Crippen molar-refractivity contribution in [2.24, 2.45) is 29.1 Å². The van der Waals surface area contributed by atoms with Crippen molar-refractivity contribution >= 4 is 0 Å². The lowest BCUT2D eigenvalue weighted by molar-refractivity contribution is 0.0436. The smallest absolute Gasteiger partial charge is 0.0811 e. The Kier molecular flexibility index (Phi) is 7.40. The Morgan fingerprint density at radius 3 is 2.52 bits per heavy atom. The lowest BCUT2D eigenvalue weighted by Crippen LogP contribution is -2.35. The van der Waals surface area contributed by atoms with Crippen LogP contribution >= 0.6 is 0 Å². The minimum Gasteiger partial charge on any atom is -0.393 e. The van der Waals surface area contributed by atoms with E-state index < -0.39 is 17.8 Å². The van der Waals surface area contributed by atoms with Crippen molar-refractivity contribution in [3.8, 4) is 0 Å². The van der Waals surface area contributed by atoms with Crippen molar-refractivity contribution in [1.29, 1.82) is 0 Å². The summed E-state index contributed by atoms with van der Waals surface area (Å²) in [6, 6.07) is 0. The van der Waals surface area contributed by atoms with Gasteiger partial charge in [0.1, 0.15) is 0 Å². The zero-order valence-corrected chi connectivity index (χ0v) is 20.3. The Labute approximate surface area is 189 Å². The Morgan fingerprint density at radius 2 is 1.84 bits per heavy atom. The van der Waals surface area contributed by atoms with E-state index in [0.717, 1.165) is 17.6 Å². The lowest BCUT2D eigenvalue weighted by Gasteiger charge is -2.44. The molecule has 0 saturated heterocycles. The number of allylic oxidation sites excluding steroid dienone is 4. The first-order valence-electron chi connectivity index (χ1n) is 12.3. The van der Waals surface area contributed by atoms with Gasteiger partial charge in [-0.15, -0.1) is 0 Å². The summed E-state index contributed by atoms with van der Waals surface area (Å²) in [5, 5.41) is 30.4. The van der Waals surface area contributed by atoms with Crippen molar-refractivity contribution in [2.75, 3.05) is 0 Å². The number of hydrogen-bond acceptors (Lipinski definition) is 3. The van der Waals surface area contributed by atoms with Crippen LogP contribution in [0.5, 0.6) is 0 Å². The molecule has 3 nitrogen and oxygen atoms in total. The van der Waals surface area contributed by atoms with Crippen LogP contribution in [0.4, 0.5) is 0 Å². The average molecular weight is 429 g/mol. The maximum absolute atomic E-state index is 10.3. The molecule has 0 bridgehead atoms. The van der Waals surface area contributed by atoms with Crippen LogP contribution in [0.25, 0.3) is 0 Å². The summed E-state index contributed by atoms with van der Waals surface area (Å²) in [7, 11) is 0. The van der Waals surface area contributed by atoms with Crippen LogP contribution in [-0.4, -0.2) is 33.1 Å². The normalized spacial score (nSPS) is 39.3. The molecule has 3 aliphatic rings. The van der Waals surface area contributed by atoms with Crippen LogP contribution in [0.15, 0.2) is 47.6 Å². The Morgan fingerprint density at radius 1 is 1.13 bits per heavy atom. The van der Waals surface area contributed by atoms with Crippen LogP contribution in [0, 0.1) is 29.1 Å². The summed E-state index contributed by atoms with van der Waals surface area (Å²) in [5.74, 6) is 1.91. The third-order valence-electron chi connectivity index (χ3n) is 8.75. The molecule has 3 N–H and O–H groups in total. The van der Waals surface area contributed by atoms with E-state index in [9.17, 15) is 15.3 Å². The molecule has 3 fully saturated rings. The van der Waals surface area contributed by atoms with E-state index in [0.29, 0.717) is 36.0 Å². The molecule has 0 aromatic rings. The lowest BCUT2D eigenvalue weighted by atomic mass is 9.61. The van der Waals surface area contributed by atoms with Crippen molar-refractivity contribution in [3.63, 3.8) is 0 Å². The molecule has 0 aromatic heterocycles. The molecule has 0 radical (unpaired) electrons. The summed E-state index contributed by atoms with van der Waals surface area (Å²) in [6.45, 7) is 14.7. The highest BCUT2D eigenvalue weighted by Gasteiger charge is 2.50. The second kappa shape index (κ2) is 9.37. The maximum atomic E-state index is 10.3. The van der Waals surface area contributed by atoms with Crippen molar-refractivity contribution in [2.45, 2.75) is 97.4 Å². The fraction of sp³-hybridized carbons (Fsp3) is 0.714. The quantitative estimate of drug-likeness (QED) is 0.490. The first-order chi connectivity index (χ1) is 14.4. The minimum atomic E-state index is -0.684. The Hall–Kier alpha value is -1.16. The third-order valence-corrected chi connectivity index (χ3v) is 8.75. The molecule has 0 heterocycles. The zero-order chi connectivity index (χ0) is 23.0. The van der Waals surface area contributed by atoms with Crippen molar-refractivity contribution in [1.82, 2.24) is 0 Å². The highest BCUT2D eigenvalue weighted by Crippen LogP contribution is 2.59. The molecule has 0 unspecified atom stereocenters. The van der Waals surface area contributed by atoms with E-state index in [2.05, 4.69) is 51.7 Å². The second-order valence-corrected chi connectivity index (χ2v) is 11.4. The van der Waals surface area contributed by atoms with Gasteiger partial charge in [-0.1, -0.05) is 57.2 Å². The van der Waals surface area contributed by atoms with Gasteiger partial charge < -0.3 is 15.3 Å². The molecule has 3 rings (SSSR count). The summed E-state index contributed by atoms with van der Waals surface area (Å²) in [5.41, 5.74) is 2.93. The fourth-order valence-electron chi connectivity index (χ4n) is 6.32. The van der Waals surface area contributed by atoms with Gasteiger partial charge in [0.15, 0.2) is 0 Å². The number of aliphatic hydroxyl groups is 3. The van der Waals surface area contributed by atoms with E-state index >= 15 is 0 Å². The molecule has 0 amide bonds. The molecule has 0 spiro atoms. The van der Waals surface area contributed by atoms with Gasteiger partial charge in [0, 0.05) is 12.3 Å². The minimum absolute atomic E-state index is 0.141. The van der Waals surface area contributed by atoms with Gasteiger partial charge in [0.2, 0.25) is 0 Å². The predicted octanol–water partition coefficient (Wildman–Crippen LogP) is 5.73. The number of hydrogen-bond donors (Lipinski definition) is 3. The average Bonchev–Trinajstić information content (AvgIpc) is 3.04. The Bertz CT molecular complexity index is 753. The van der Waals surface area contributed by atoms with E-state index in [1.54, 1.807) is 0 Å². The van der Waals surface area contributed by atoms with Gasteiger partial charge in [0.25, 0.3) is 0 Å². The largest absolute Gasteiger partial charge is 0.393 e. The number of fused-ring (bicyclic) bond motifs is 1. The molecule has 31 heavy (non-hydrogen) atoms. The van der Waals surface area contributed by atoms with E-state index in [1.165, 1.54) is 31.3 Å². The highest BCUT2D eigenvalue weighted by molar-refractivity contribution is 5.38. The van der Waals surface area contributed by atoms with Crippen LogP contribution < -0.4 is 0 Å². The Balaban J connectivity index is 1.76. The molecule has 0 aromatic carbocycles. The standard InChI is InChI=1S/C28H44O3/c1-18(9-10-19(2)27(4,5)31)24-13-14-25-21(8-7-15-28(24,25)6)11-12-22-16-23(29)17-26(30)20(22)3/h9-12,18-19,23-26,29-31H,3,7-8,13-17H2,1-2,4-6H3/b10-9+,21-11+,22-12+/t18-,19+,23-,24-,25+,26-,28+/m1/s1. The van der Waals surface area contributed by atoms with Gasteiger partial charge in [-0.3, -0.25) is 0 Å². The van der Waals surface area contributed by atoms with Crippen LogP contribution in [0.1, 0.15) is 79.6 Å². The second-order valence-electron chi connectivity index (χ2n) is 11.4. The third kappa shape index (κ3) is 5.26. The molecule has 3 saturated carbocycles. The molecular formula is C28H44O3. The monoisotopic (exact) mass is 428 g/mol. The summed E-state index contributed by atoms with van der Waals surface area (Å²) < 4.78 is 0.